The van der Waals surface area contributed by atoms with Crippen LogP contribution in [-0.2, 0) is 11.8 Å². The number of benzene rings is 1. The summed E-state index contributed by atoms with van der Waals surface area (Å²) in [4.78, 5) is 13.5. The van der Waals surface area contributed by atoms with Gasteiger partial charge < -0.3 is 5.32 Å². The van der Waals surface area contributed by atoms with Crippen LogP contribution in [0.5, 0.6) is 0 Å². The summed E-state index contributed by atoms with van der Waals surface area (Å²) in [6.07, 6.45) is 4.89. The number of amides is 1. The van der Waals surface area contributed by atoms with E-state index in [1.807, 2.05) is 12.1 Å². The van der Waals surface area contributed by atoms with Crippen molar-refractivity contribution in [3.8, 4) is 10.4 Å². The Morgan fingerprint density at radius 3 is 2.83 bits per heavy atom. The van der Waals surface area contributed by atoms with E-state index in [4.69, 9.17) is 0 Å². The lowest BCUT2D eigenvalue weighted by atomic mass is 10.2. The Hall–Kier alpha value is -2.73. The van der Waals surface area contributed by atoms with Gasteiger partial charge in [-0.3, -0.25) is 9.48 Å². The van der Waals surface area contributed by atoms with Gasteiger partial charge in [0.2, 0.25) is 5.91 Å². The van der Waals surface area contributed by atoms with Gasteiger partial charge in [-0.25, -0.2) is 4.39 Å². The van der Waals surface area contributed by atoms with Crippen LogP contribution < -0.4 is 5.32 Å². The Kier molecular flexibility index (Phi) is 4.34. The van der Waals surface area contributed by atoms with Gasteiger partial charge in [-0.05, 0) is 24.3 Å². The molecular weight excluding hydrogens is 313 g/mol. The zero-order valence-electron chi connectivity index (χ0n) is 12.4. The molecule has 1 amide bonds. The molecular formula is C17H14FN3OS. The van der Waals surface area contributed by atoms with E-state index in [-0.39, 0.29) is 11.7 Å². The smallest absolute Gasteiger partial charge is 0.249 e. The minimum atomic E-state index is -0.260. The van der Waals surface area contributed by atoms with Crippen LogP contribution in [0.1, 0.15) is 4.88 Å². The molecule has 0 saturated heterocycles. The number of carbonyl (C=O) groups is 1. The molecule has 0 unspecified atom stereocenters. The number of nitrogens with one attached hydrogen (secondary N) is 1. The molecule has 116 valence electrons. The number of anilines is 1. The van der Waals surface area contributed by atoms with Crippen molar-refractivity contribution >= 4 is 29.1 Å². The van der Waals surface area contributed by atoms with Gasteiger partial charge >= 0.3 is 0 Å². The van der Waals surface area contributed by atoms with Crippen LogP contribution in [0.25, 0.3) is 16.5 Å². The second-order valence-corrected chi connectivity index (χ2v) is 5.99. The first-order valence-electron chi connectivity index (χ1n) is 6.95. The number of aromatic nitrogens is 2. The molecule has 1 aromatic carbocycles. The SMILES string of the molecule is Cn1ccc(NC(=O)/C=C/c2ccc(-c3ccccc3F)s2)n1. The number of halogens is 1. The first-order chi connectivity index (χ1) is 11.1. The molecule has 2 heterocycles. The van der Waals surface area contributed by atoms with E-state index >= 15 is 0 Å². The maximum absolute atomic E-state index is 13.8. The minimum Gasteiger partial charge on any atom is -0.306 e. The van der Waals surface area contributed by atoms with Crippen molar-refractivity contribution in [3.63, 3.8) is 0 Å². The molecule has 4 nitrogen and oxygen atoms in total. The van der Waals surface area contributed by atoms with Gasteiger partial charge in [0.1, 0.15) is 5.82 Å². The minimum absolute atomic E-state index is 0.252. The number of thiophene rings is 1. The molecule has 3 aromatic rings. The lowest BCUT2D eigenvalue weighted by molar-refractivity contribution is -0.111. The zero-order chi connectivity index (χ0) is 16.2. The quantitative estimate of drug-likeness (QED) is 0.738. The molecule has 3 rings (SSSR count). The molecule has 0 fully saturated rings. The molecule has 0 saturated carbocycles. The first-order valence-corrected chi connectivity index (χ1v) is 7.77. The Bertz CT molecular complexity index is 866. The van der Waals surface area contributed by atoms with Gasteiger partial charge in [-0.1, -0.05) is 18.2 Å². The third kappa shape index (κ3) is 3.73. The van der Waals surface area contributed by atoms with E-state index in [0.29, 0.717) is 11.4 Å². The van der Waals surface area contributed by atoms with Gasteiger partial charge in [-0.2, -0.15) is 5.10 Å². The van der Waals surface area contributed by atoms with Crippen molar-refractivity contribution in [1.29, 1.82) is 0 Å². The number of hydrogen-bond donors (Lipinski definition) is 1. The van der Waals surface area contributed by atoms with Crippen molar-refractivity contribution in [2.75, 3.05) is 5.32 Å². The van der Waals surface area contributed by atoms with Crippen LogP contribution in [-0.4, -0.2) is 15.7 Å². The highest BCUT2D eigenvalue weighted by molar-refractivity contribution is 7.16. The average Bonchev–Trinajstić information content (AvgIpc) is 3.15. The predicted octanol–water partition coefficient (Wildman–Crippen LogP) is 3.94. The van der Waals surface area contributed by atoms with Crippen LogP contribution in [0.3, 0.4) is 0 Å². The molecule has 23 heavy (non-hydrogen) atoms. The summed E-state index contributed by atoms with van der Waals surface area (Å²) in [5, 5.41) is 6.74. The third-order valence-corrected chi connectivity index (χ3v) is 4.21. The molecule has 0 aliphatic carbocycles. The highest BCUT2D eigenvalue weighted by Crippen LogP contribution is 2.30. The Labute approximate surface area is 136 Å². The Morgan fingerprint density at radius 2 is 2.09 bits per heavy atom. The van der Waals surface area contributed by atoms with Gasteiger partial charge in [0.05, 0.1) is 0 Å². The standard InChI is InChI=1S/C17H14FN3OS/c1-21-11-10-16(20-21)19-17(22)9-7-12-6-8-15(23-12)13-4-2-3-5-14(13)18/h2-11H,1H3,(H,19,20,22)/b9-7+. The number of nitrogens with zero attached hydrogens (tertiary/aromatic N) is 2. The van der Waals surface area contributed by atoms with Crippen LogP contribution in [0.2, 0.25) is 0 Å². The molecule has 0 radical (unpaired) electrons. The fourth-order valence-corrected chi connectivity index (χ4v) is 2.99. The van der Waals surface area contributed by atoms with E-state index in [2.05, 4.69) is 10.4 Å². The highest BCUT2D eigenvalue weighted by atomic mass is 32.1. The van der Waals surface area contributed by atoms with Crippen LogP contribution in [0, 0.1) is 5.82 Å². The summed E-state index contributed by atoms with van der Waals surface area (Å²) < 4.78 is 15.4. The zero-order valence-corrected chi connectivity index (χ0v) is 13.2. The van der Waals surface area contributed by atoms with Crippen LogP contribution in [0.4, 0.5) is 10.2 Å². The molecule has 6 heteroatoms. The van der Waals surface area contributed by atoms with Gasteiger partial charge in [0, 0.05) is 40.7 Å². The molecule has 0 aliphatic heterocycles. The highest BCUT2D eigenvalue weighted by Gasteiger charge is 2.06. The van der Waals surface area contributed by atoms with E-state index < -0.39 is 0 Å². The molecule has 2 aromatic heterocycles. The van der Waals surface area contributed by atoms with Gasteiger partial charge in [-0.15, -0.1) is 11.3 Å². The molecule has 1 N–H and O–H groups in total. The lowest BCUT2D eigenvalue weighted by Gasteiger charge is -1.98. The second kappa shape index (κ2) is 6.58. The van der Waals surface area contributed by atoms with Crippen molar-refractivity contribution in [2.45, 2.75) is 0 Å². The normalized spacial score (nSPS) is 11.0. The van der Waals surface area contributed by atoms with Gasteiger partial charge in [0.25, 0.3) is 0 Å². The molecule has 0 bridgehead atoms. The van der Waals surface area contributed by atoms with Crippen LogP contribution in [0.15, 0.2) is 54.7 Å². The van der Waals surface area contributed by atoms with E-state index in [1.165, 1.54) is 23.5 Å². The predicted molar refractivity (Wildman–Crippen MR) is 90.6 cm³/mol. The van der Waals surface area contributed by atoms with Crippen molar-refractivity contribution in [1.82, 2.24) is 9.78 Å². The Balaban J connectivity index is 1.69. The lowest BCUT2D eigenvalue weighted by Crippen LogP contribution is -2.08. The number of rotatable bonds is 4. The first kappa shape index (κ1) is 15.2. The Morgan fingerprint density at radius 1 is 1.26 bits per heavy atom. The molecule has 0 atom stereocenters. The summed E-state index contributed by atoms with van der Waals surface area (Å²) in [6.45, 7) is 0. The van der Waals surface area contributed by atoms with Gasteiger partial charge in [0.15, 0.2) is 5.82 Å². The maximum Gasteiger partial charge on any atom is 0.249 e. The third-order valence-electron chi connectivity index (χ3n) is 3.13. The number of carbonyl (C=O) groups excluding carboxylic acids is 1. The van der Waals surface area contributed by atoms with Crippen LogP contribution >= 0.6 is 11.3 Å². The summed E-state index contributed by atoms with van der Waals surface area (Å²) >= 11 is 1.43. The molecule has 0 aliphatic rings. The largest absolute Gasteiger partial charge is 0.306 e. The summed E-state index contributed by atoms with van der Waals surface area (Å²) in [6, 6.07) is 12.1. The molecule has 0 spiro atoms. The fraction of sp³-hybridized carbons (Fsp3) is 0.0588. The van der Waals surface area contributed by atoms with Crippen molar-refractivity contribution < 1.29 is 9.18 Å². The summed E-state index contributed by atoms with van der Waals surface area (Å²) in [7, 11) is 1.78. The van der Waals surface area contributed by atoms with Crippen molar-refractivity contribution in [2.24, 2.45) is 7.05 Å². The summed E-state index contributed by atoms with van der Waals surface area (Å²) in [5.74, 6) is -0.0114. The fourth-order valence-electron chi connectivity index (χ4n) is 2.06. The van der Waals surface area contributed by atoms with E-state index in [9.17, 15) is 9.18 Å². The van der Waals surface area contributed by atoms with Crippen molar-refractivity contribution in [3.05, 3.63) is 65.4 Å². The summed E-state index contributed by atoms with van der Waals surface area (Å²) in [5.41, 5.74) is 0.565. The average molecular weight is 327 g/mol. The number of aryl methyl sites for hydroxylation is 1. The number of hydrogen-bond acceptors (Lipinski definition) is 3. The van der Waals surface area contributed by atoms with E-state index in [1.54, 1.807) is 48.3 Å². The van der Waals surface area contributed by atoms with E-state index in [0.717, 1.165) is 9.75 Å². The monoisotopic (exact) mass is 327 g/mol. The second-order valence-electron chi connectivity index (χ2n) is 4.88. The maximum atomic E-state index is 13.8. The topological polar surface area (TPSA) is 46.9 Å².